The van der Waals surface area contributed by atoms with Crippen molar-refractivity contribution in [3.05, 3.63) is 104 Å². The van der Waals surface area contributed by atoms with Crippen LogP contribution in [0.2, 0.25) is 0 Å². The van der Waals surface area contributed by atoms with Gasteiger partial charge in [-0.25, -0.2) is 0 Å². The lowest BCUT2D eigenvalue weighted by Gasteiger charge is -2.24. The zero-order valence-corrected chi connectivity index (χ0v) is 18.4. The lowest BCUT2D eigenvalue weighted by atomic mass is 9.95. The highest BCUT2D eigenvalue weighted by Crippen LogP contribution is 2.37. The third-order valence-corrected chi connectivity index (χ3v) is 5.93. The normalized spacial score (nSPS) is 16.1. The molecule has 1 aliphatic rings. The fourth-order valence-corrected chi connectivity index (χ4v) is 3.92. The Morgan fingerprint density at radius 2 is 1.63 bits per heavy atom. The second-order valence-electron chi connectivity index (χ2n) is 7.71. The van der Waals surface area contributed by atoms with E-state index >= 15 is 0 Å². The standard InChI is InChI=1S/C24H22BrN3O2/c1-16(2)17-3-5-19(6-4-17)24-15-23(18-7-9-20(25)10-8-18)26-27(24)21-11-13-22(14-12-21)28(29)30/h3-14,16,24H,15H2,1-2H3/t24-/m0/s1. The first-order valence-corrected chi connectivity index (χ1v) is 10.7. The van der Waals surface area contributed by atoms with Gasteiger partial charge in [0.25, 0.3) is 5.69 Å². The zero-order chi connectivity index (χ0) is 21.3. The molecule has 0 fully saturated rings. The average molecular weight is 464 g/mol. The van der Waals surface area contributed by atoms with Gasteiger partial charge >= 0.3 is 0 Å². The van der Waals surface area contributed by atoms with E-state index in [1.54, 1.807) is 12.1 Å². The first-order chi connectivity index (χ1) is 14.4. The maximum atomic E-state index is 11.0. The van der Waals surface area contributed by atoms with Gasteiger partial charge in [0.1, 0.15) is 0 Å². The van der Waals surface area contributed by atoms with Gasteiger partial charge in [-0.2, -0.15) is 5.10 Å². The molecule has 0 unspecified atom stereocenters. The summed E-state index contributed by atoms with van der Waals surface area (Å²) in [6, 6.07) is 23.4. The summed E-state index contributed by atoms with van der Waals surface area (Å²) in [5, 5.41) is 17.9. The van der Waals surface area contributed by atoms with Gasteiger partial charge < -0.3 is 0 Å². The minimum Gasteiger partial charge on any atom is -0.258 e. The molecule has 0 aliphatic carbocycles. The number of nitrogens with zero attached hydrogens (tertiary/aromatic N) is 3. The first kappa shape index (κ1) is 20.3. The van der Waals surface area contributed by atoms with Crippen molar-refractivity contribution in [2.45, 2.75) is 32.2 Å². The van der Waals surface area contributed by atoms with Crippen LogP contribution in [-0.4, -0.2) is 10.6 Å². The quantitative estimate of drug-likeness (QED) is 0.307. The fraction of sp³-hybridized carbons (Fsp3) is 0.208. The Bertz CT molecular complexity index is 1070. The molecule has 1 heterocycles. The highest BCUT2D eigenvalue weighted by Gasteiger charge is 2.30. The number of rotatable bonds is 5. The van der Waals surface area contributed by atoms with E-state index in [-0.39, 0.29) is 16.7 Å². The summed E-state index contributed by atoms with van der Waals surface area (Å²) in [5.74, 6) is 0.475. The van der Waals surface area contributed by atoms with Crippen LogP contribution in [0.4, 0.5) is 11.4 Å². The van der Waals surface area contributed by atoms with Crippen LogP contribution in [0.15, 0.2) is 82.4 Å². The van der Waals surface area contributed by atoms with E-state index in [1.807, 2.05) is 17.1 Å². The molecule has 0 amide bonds. The van der Waals surface area contributed by atoms with Gasteiger partial charge in [-0.05, 0) is 46.9 Å². The van der Waals surface area contributed by atoms with Gasteiger partial charge in [-0.3, -0.25) is 15.1 Å². The van der Waals surface area contributed by atoms with Gasteiger partial charge in [0.15, 0.2) is 0 Å². The second kappa shape index (κ2) is 8.40. The minimum atomic E-state index is -0.383. The highest BCUT2D eigenvalue weighted by atomic mass is 79.9. The van der Waals surface area contributed by atoms with Gasteiger partial charge in [-0.15, -0.1) is 0 Å². The Morgan fingerprint density at radius 3 is 2.20 bits per heavy atom. The van der Waals surface area contributed by atoms with Crippen molar-refractivity contribution in [1.82, 2.24) is 0 Å². The summed E-state index contributed by atoms with van der Waals surface area (Å²) in [6.45, 7) is 4.37. The molecule has 0 N–H and O–H groups in total. The molecule has 6 heteroatoms. The average Bonchev–Trinajstić information content (AvgIpc) is 3.20. The monoisotopic (exact) mass is 463 g/mol. The van der Waals surface area contributed by atoms with E-state index in [4.69, 9.17) is 5.10 Å². The van der Waals surface area contributed by atoms with Crippen molar-refractivity contribution < 1.29 is 4.92 Å². The molecule has 3 aromatic rings. The molecule has 30 heavy (non-hydrogen) atoms. The van der Waals surface area contributed by atoms with Crippen molar-refractivity contribution in [3.63, 3.8) is 0 Å². The van der Waals surface area contributed by atoms with Gasteiger partial charge in [0, 0.05) is 23.0 Å². The van der Waals surface area contributed by atoms with Crippen LogP contribution in [0.3, 0.4) is 0 Å². The van der Waals surface area contributed by atoms with E-state index < -0.39 is 0 Å². The summed E-state index contributed by atoms with van der Waals surface area (Å²) in [5.41, 5.74) is 5.46. The van der Waals surface area contributed by atoms with Gasteiger partial charge in [-0.1, -0.05) is 66.2 Å². The SMILES string of the molecule is CC(C)c1ccc([C@@H]2CC(c3ccc(Br)cc3)=NN2c2ccc([N+](=O)[O-])cc2)cc1. The number of nitro benzene ring substituents is 1. The third kappa shape index (κ3) is 4.14. The van der Waals surface area contributed by atoms with Crippen molar-refractivity contribution >= 4 is 33.0 Å². The summed E-state index contributed by atoms with van der Waals surface area (Å²) < 4.78 is 1.03. The van der Waals surface area contributed by atoms with E-state index in [0.29, 0.717) is 5.92 Å². The molecule has 0 bridgehead atoms. The Kier molecular flexibility index (Phi) is 5.68. The molecule has 0 spiro atoms. The van der Waals surface area contributed by atoms with Crippen molar-refractivity contribution in [2.24, 2.45) is 5.10 Å². The summed E-state index contributed by atoms with van der Waals surface area (Å²) in [6.07, 6.45) is 0.764. The van der Waals surface area contributed by atoms with Crippen molar-refractivity contribution in [2.75, 3.05) is 5.01 Å². The lowest BCUT2D eigenvalue weighted by molar-refractivity contribution is -0.384. The van der Waals surface area contributed by atoms with Crippen LogP contribution in [-0.2, 0) is 0 Å². The number of hydrogen-bond acceptors (Lipinski definition) is 4. The number of hydrazone groups is 1. The molecule has 152 valence electrons. The molecular formula is C24H22BrN3O2. The first-order valence-electron chi connectivity index (χ1n) is 9.89. The molecule has 0 saturated carbocycles. The minimum absolute atomic E-state index is 0.0336. The van der Waals surface area contributed by atoms with E-state index in [9.17, 15) is 10.1 Å². The Hall–Kier alpha value is -2.99. The molecule has 5 nitrogen and oxygen atoms in total. The lowest BCUT2D eigenvalue weighted by Crippen LogP contribution is -2.18. The number of anilines is 1. The number of halogens is 1. The van der Waals surface area contributed by atoms with Crippen LogP contribution in [0.5, 0.6) is 0 Å². The van der Waals surface area contributed by atoms with E-state index in [1.165, 1.54) is 23.3 Å². The molecule has 0 radical (unpaired) electrons. The van der Waals surface area contributed by atoms with E-state index in [0.717, 1.165) is 27.9 Å². The number of non-ortho nitro benzene ring substituents is 1. The van der Waals surface area contributed by atoms with Crippen molar-refractivity contribution in [3.8, 4) is 0 Å². The number of benzene rings is 3. The Balaban J connectivity index is 1.71. The molecule has 1 atom stereocenters. The second-order valence-corrected chi connectivity index (χ2v) is 8.63. The molecule has 3 aromatic carbocycles. The van der Waals surface area contributed by atoms with Crippen LogP contribution in [0.1, 0.15) is 48.9 Å². The Labute approximate surface area is 184 Å². The third-order valence-electron chi connectivity index (χ3n) is 5.40. The summed E-state index contributed by atoms with van der Waals surface area (Å²) in [7, 11) is 0. The number of nitro groups is 1. The molecular weight excluding hydrogens is 442 g/mol. The topological polar surface area (TPSA) is 58.7 Å². The maximum absolute atomic E-state index is 11.0. The van der Waals surface area contributed by atoms with Crippen molar-refractivity contribution in [1.29, 1.82) is 0 Å². The Morgan fingerprint density at radius 1 is 1.00 bits per heavy atom. The predicted molar refractivity (Wildman–Crippen MR) is 124 cm³/mol. The number of hydrogen-bond donors (Lipinski definition) is 0. The van der Waals surface area contributed by atoms with Crippen LogP contribution >= 0.6 is 15.9 Å². The fourth-order valence-electron chi connectivity index (χ4n) is 3.65. The van der Waals surface area contributed by atoms with Crippen LogP contribution < -0.4 is 5.01 Å². The highest BCUT2D eigenvalue weighted by molar-refractivity contribution is 9.10. The van der Waals surface area contributed by atoms with Crippen LogP contribution in [0, 0.1) is 10.1 Å². The maximum Gasteiger partial charge on any atom is 0.269 e. The predicted octanol–water partition coefficient (Wildman–Crippen LogP) is 6.84. The van der Waals surface area contributed by atoms with Gasteiger partial charge in [0.05, 0.1) is 22.4 Å². The van der Waals surface area contributed by atoms with Crippen LogP contribution in [0.25, 0.3) is 0 Å². The largest absolute Gasteiger partial charge is 0.269 e. The molecule has 0 saturated heterocycles. The van der Waals surface area contributed by atoms with E-state index in [2.05, 4.69) is 66.2 Å². The molecule has 0 aromatic heterocycles. The zero-order valence-electron chi connectivity index (χ0n) is 16.8. The smallest absolute Gasteiger partial charge is 0.258 e. The summed E-state index contributed by atoms with van der Waals surface area (Å²) in [4.78, 5) is 10.6. The molecule has 4 rings (SSSR count). The van der Waals surface area contributed by atoms with Gasteiger partial charge in [0.2, 0.25) is 0 Å². The summed E-state index contributed by atoms with van der Waals surface area (Å²) >= 11 is 3.48. The molecule has 1 aliphatic heterocycles.